The summed E-state index contributed by atoms with van der Waals surface area (Å²) in [6.45, 7) is 4.04. The number of sulfonamides is 1. The number of piperidine rings is 1. The molecule has 2 rings (SSSR count). The summed E-state index contributed by atoms with van der Waals surface area (Å²) in [6.07, 6.45) is 2.35. The predicted molar refractivity (Wildman–Crippen MR) is 87.6 cm³/mol. The molecule has 0 saturated carbocycles. The van der Waals surface area contributed by atoms with Gasteiger partial charge in [-0.15, -0.1) is 0 Å². The molecule has 1 heterocycles. The number of nitrogens with zero attached hydrogens (tertiary/aromatic N) is 1. The number of nitrogens with two attached hydrogens (primary N) is 1. The van der Waals surface area contributed by atoms with E-state index in [1.165, 1.54) is 4.31 Å². The first-order valence-electron chi connectivity index (χ1n) is 7.53. The Balaban J connectivity index is 2.00. The van der Waals surface area contributed by atoms with Crippen LogP contribution in [-0.2, 0) is 14.8 Å². The molecular weight excluding hydrogens is 324 g/mol. The van der Waals surface area contributed by atoms with E-state index in [1.54, 1.807) is 18.2 Å². The van der Waals surface area contributed by atoms with Crippen LogP contribution in [-0.4, -0.2) is 45.1 Å². The Morgan fingerprint density at radius 1 is 1.36 bits per heavy atom. The smallest absolute Gasteiger partial charge is 0.244 e. The van der Waals surface area contributed by atoms with Gasteiger partial charge in [0.2, 0.25) is 10.0 Å². The number of halogens is 1. The lowest BCUT2D eigenvalue weighted by molar-refractivity contribution is 0.0209. The van der Waals surface area contributed by atoms with Crippen molar-refractivity contribution in [2.75, 3.05) is 26.2 Å². The molecule has 0 atom stereocenters. The fourth-order valence-corrected chi connectivity index (χ4v) is 4.57. The van der Waals surface area contributed by atoms with Crippen molar-refractivity contribution in [3.63, 3.8) is 0 Å². The van der Waals surface area contributed by atoms with Crippen LogP contribution in [0.25, 0.3) is 0 Å². The van der Waals surface area contributed by atoms with Crippen LogP contribution in [0.3, 0.4) is 0 Å². The van der Waals surface area contributed by atoms with E-state index in [-0.39, 0.29) is 16.0 Å². The number of hydrogen-bond acceptors (Lipinski definition) is 4. The van der Waals surface area contributed by atoms with Crippen LogP contribution in [0.15, 0.2) is 23.1 Å². The minimum atomic E-state index is -3.53. The largest absolute Gasteiger partial charge is 0.378 e. The van der Waals surface area contributed by atoms with Gasteiger partial charge in [0.1, 0.15) is 4.90 Å². The predicted octanol–water partition coefficient (Wildman–Crippen LogP) is 2.17. The molecule has 1 fully saturated rings. The summed E-state index contributed by atoms with van der Waals surface area (Å²) in [5, 5.41) is 0.279. The van der Waals surface area contributed by atoms with E-state index >= 15 is 0 Å². The van der Waals surface area contributed by atoms with Gasteiger partial charge in [-0.25, -0.2) is 8.42 Å². The van der Waals surface area contributed by atoms with Crippen molar-refractivity contribution in [2.24, 2.45) is 5.73 Å². The van der Waals surface area contributed by atoms with Crippen LogP contribution in [0.5, 0.6) is 0 Å². The van der Waals surface area contributed by atoms with Gasteiger partial charge in [0, 0.05) is 19.7 Å². The average Bonchev–Trinajstić information content (AvgIpc) is 2.47. The summed E-state index contributed by atoms with van der Waals surface area (Å²) in [5.74, 6) is 0. The molecule has 5 nitrogen and oxygen atoms in total. The summed E-state index contributed by atoms with van der Waals surface area (Å²) in [7, 11) is -3.53. The second-order valence-corrected chi connectivity index (χ2v) is 7.86. The van der Waals surface area contributed by atoms with Crippen LogP contribution >= 0.6 is 11.6 Å². The molecule has 1 aliphatic rings. The van der Waals surface area contributed by atoms with Crippen LogP contribution in [0.1, 0.15) is 24.8 Å². The van der Waals surface area contributed by atoms with E-state index < -0.39 is 10.0 Å². The normalized spacial score (nSPS) is 17.8. The number of benzene rings is 1. The summed E-state index contributed by atoms with van der Waals surface area (Å²) in [4.78, 5) is 0.183. The highest BCUT2D eigenvalue weighted by molar-refractivity contribution is 7.89. The Labute approximate surface area is 137 Å². The van der Waals surface area contributed by atoms with Gasteiger partial charge in [-0.2, -0.15) is 4.31 Å². The van der Waals surface area contributed by atoms with Crippen molar-refractivity contribution in [3.8, 4) is 0 Å². The second-order valence-electron chi connectivity index (χ2n) is 5.55. The van der Waals surface area contributed by atoms with Crippen LogP contribution in [0.4, 0.5) is 0 Å². The lowest BCUT2D eigenvalue weighted by Gasteiger charge is -2.31. The zero-order valence-electron chi connectivity index (χ0n) is 12.8. The Morgan fingerprint density at radius 3 is 2.64 bits per heavy atom. The zero-order chi connectivity index (χ0) is 16.2. The SMILES string of the molecule is Cc1ccc(S(=O)(=O)N2CCC(OCCCN)CC2)c(Cl)c1. The highest BCUT2D eigenvalue weighted by atomic mass is 35.5. The van der Waals surface area contributed by atoms with Crippen molar-refractivity contribution in [3.05, 3.63) is 28.8 Å². The number of aryl methyl sites for hydroxylation is 1. The van der Waals surface area contributed by atoms with E-state index in [9.17, 15) is 8.42 Å². The maximum Gasteiger partial charge on any atom is 0.244 e. The van der Waals surface area contributed by atoms with E-state index in [2.05, 4.69) is 0 Å². The van der Waals surface area contributed by atoms with E-state index in [0.717, 1.165) is 12.0 Å². The molecule has 22 heavy (non-hydrogen) atoms. The molecule has 0 bridgehead atoms. The monoisotopic (exact) mass is 346 g/mol. The molecule has 0 unspecified atom stereocenters. The van der Waals surface area contributed by atoms with Crippen molar-refractivity contribution >= 4 is 21.6 Å². The molecule has 0 aliphatic carbocycles. The Bertz CT molecular complexity index is 599. The van der Waals surface area contributed by atoms with Gasteiger partial charge in [-0.1, -0.05) is 17.7 Å². The van der Waals surface area contributed by atoms with Gasteiger partial charge in [0.05, 0.1) is 11.1 Å². The summed E-state index contributed by atoms with van der Waals surface area (Å²) < 4.78 is 32.5. The summed E-state index contributed by atoms with van der Waals surface area (Å²) >= 11 is 6.10. The third-order valence-electron chi connectivity index (χ3n) is 3.81. The van der Waals surface area contributed by atoms with Crippen LogP contribution in [0, 0.1) is 6.92 Å². The first-order chi connectivity index (χ1) is 10.4. The van der Waals surface area contributed by atoms with Gasteiger partial charge >= 0.3 is 0 Å². The fraction of sp³-hybridized carbons (Fsp3) is 0.600. The van der Waals surface area contributed by atoms with Crippen molar-refractivity contribution in [2.45, 2.75) is 37.2 Å². The Morgan fingerprint density at radius 2 is 2.05 bits per heavy atom. The lowest BCUT2D eigenvalue weighted by atomic mass is 10.1. The first-order valence-corrected chi connectivity index (χ1v) is 9.35. The fourth-order valence-electron chi connectivity index (χ4n) is 2.53. The van der Waals surface area contributed by atoms with E-state index in [0.29, 0.717) is 39.1 Å². The highest BCUT2D eigenvalue weighted by Gasteiger charge is 2.31. The Hall–Kier alpha value is -0.660. The Kier molecular flexibility index (Phi) is 6.23. The molecule has 1 aliphatic heterocycles. The van der Waals surface area contributed by atoms with Gasteiger partial charge in [-0.3, -0.25) is 0 Å². The second kappa shape index (κ2) is 7.75. The average molecular weight is 347 g/mol. The summed E-state index contributed by atoms with van der Waals surface area (Å²) in [6, 6.07) is 5.02. The molecule has 0 spiro atoms. The quantitative estimate of drug-likeness (QED) is 0.801. The third kappa shape index (κ3) is 4.20. The number of rotatable bonds is 6. The molecule has 0 aromatic heterocycles. The van der Waals surface area contributed by atoms with Gasteiger partial charge < -0.3 is 10.5 Å². The van der Waals surface area contributed by atoms with Gasteiger partial charge in [0.15, 0.2) is 0 Å². The minimum absolute atomic E-state index is 0.117. The minimum Gasteiger partial charge on any atom is -0.378 e. The third-order valence-corrected chi connectivity index (χ3v) is 6.19. The molecule has 1 saturated heterocycles. The molecule has 124 valence electrons. The zero-order valence-corrected chi connectivity index (χ0v) is 14.4. The van der Waals surface area contributed by atoms with Crippen LogP contribution < -0.4 is 5.73 Å². The van der Waals surface area contributed by atoms with Crippen molar-refractivity contribution < 1.29 is 13.2 Å². The van der Waals surface area contributed by atoms with Gasteiger partial charge in [-0.05, 0) is 50.4 Å². The van der Waals surface area contributed by atoms with Crippen molar-refractivity contribution in [1.82, 2.24) is 4.31 Å². The number of ether oxygens (including phenoxy) is 1. The van der Waals surface area contributed by atoms with Gasteiger partial charge in [0.25, 0.3) is 0 Å². The topological polar surface area (TPSA) is 72.6 Å². The van der Waals surface area contributed by atoms with Crippen LogP contribution in [0.2, 0.25) is 5.02 Å². The molecule has 1 aromatic carbocycles. The molecule has 1 aromatic rings. The maximum atomic E-state index is 12.7. The molecule has 0 radical (unpaired) electrons. The molecule has 7 heteroatoms. The van der Waals surface area contributed by atoms with Crippen molar-refractivity contribution in [1.29, 1.82) is 0 Å². The summed E-state index contributed by atoms with van der Waals surface area (Å²) in [5.41, 5.74) is 6.37. The standard InChI is InChI=1S/C15H23ClN2O3S/c1-12-3-4-15(14(16)11-12)22(19,20)18-8-5-13(6-9-18)21-10-2-7-17/h3-4,11,13H,2,5-10,17H2,1H3. The van der Waals surface area contributed by atoms with E-state index in [1.807, 2.05) is 6.92 Å². The van der Waals surface area contributed by atoms with E-state index in [4.69, 9.17) is 22.1 Å². The highest BCUT2D eigenvalue weighted by Crippen LogP contribution is 2.28. The maximum absolute atomic E-state index is 12.7. The lowest BCUT2D eigenvalue weighted by Crippen LogP contribution is -2.41. The first kappa shape index (κ1) is 17.7. The molecular formula is C15H23ClN2O3S. The number of hydrogen-bond donors (Lipinski definition) is 1. The molecule has 2 N–H and O–H groups in total. The molecule has 0 amide bonds.